The zero-order chi connectivity index (χ0) is 18.0. The lowest BCUT2D eigenvalue weighted by Gasteiger charge is -2.33. The first-order valence-electron chi connectivity index (χ1n) is 8.11. The fourth-order valence-corrected chi connectivity index (χ4v) is 3.22. The van der Waals surface area contributed by atoms with Gasteiger partial charge in [-0.25, -0.2) is 18.2 Å². The van der Waals surface area contributed by atoms with E-state index in [2.05, 4.69) is 9.97 Å². The molecule has 2 aliphatic heterocycles. The minimum absolute atomic E-state index is 0.00796. The molecule has 25 heavy (non-hydrogen) atoms. The summed E-state index contributed by atoms with van der Waals surface area (Å²) in [5.74, 6) is 0.243. The second-order valence-corrected chi connectivity index (χ2v) is 8.09. The van der Waals surface area contributed by atoms with Crippen LogP contribution in [0, 0.1) is 0 Å². The summed E-state index contributed by atoms with van der Waals surface area (Å²) in [4.78, 5) is 21.4. The molecular formula is C15H21N3O6S. The van der Waals surface area contributed by atoms with Crippen molar-refractivity contribution in [2.24, 2.45) is 0 Å². The van der Waals surface area contributed by atoms with Crippen molar-refractivity contribution >= 4 is 21.7 Å². The molecule has 1 fully saturated rings. The molecule has 0 spiro atoms. The van der Waals surface area contributed by atoms with Gasteiger partial charge in [0.05, 0.1) is 18.2 Å². The summed E-state index contributed by atoms with van der Waals surface area (Å²) in [6.45, 7) is 2.67. The summed E-state index contributed by atoms with van der Waals surface area (Å²) in [7, 11) is -3.58. The Morgan fingerprint density at radius 3 is 2.92 bits per heavy atom. The van der Waals surface area contributed by atoms with Crippen LogP contribution >= 0.6 is 0 Å². The molecule has 0 aliphatic carbocycles. The van der Waals surface area contributed by atoms with Gasteiger partial charge in [0, 0.05) is 19.1 Å². The highest BCUT2D eigenvalue weighted by atomic mass is 32.2. The monoisotopic (exact) mass is 371 g/mol. The SMILES string of the molecule is C[C@H](COC1CCCCO1)N1C(=O)OCc2cnc(S(C)(=O)=O)nc21. The number of ether oxygens (including phenoxy) is 3. The first-order valence-corrected chi connectivity index (χ1v) is 10.0. The molecule has 3 rings (SSSR count). The van der Waals surface area contributed by atoms with Gasteiger partial charge in [-0.1, -0.05) is 0 Å². The Kier molecular flexibility index (Phi) is 5.21. The van der Waals surface area contributed by atoms with Crippen molar-refractivity contribution in [3.8, 4) is 0 Å². The van der Waals surface area contributed by atoms with Crippen LogP contribution in [0.1, 0.15) is 31.7 Å². The van der Waals surface area contributed by atoms with E-state index in [4.69, 9.17) is 14.2 Å². The first-order chi connectivity index (χ1) is 11.9. The molecule has 3 heterocycles. The molecule has 1 unspecified atom stereocenters. The summed E-state index contributed by atoms with van der Waals surface area (Å²) in [5, 5.41) is -0.324. The molecule has 0 bridgehead atoms. The van der Waals surface area contributed by atoms with Gasteiger partial charge in [-0.2, -0.15) is 4.98 Å². The number of amides is 1. The smallest absolute Gasteiger partial charge is 0.416 e. The van der Waals surface area contributed by atoms with Crippen molar-refractivity contribution in [1.82, 2.24) is 9.97 Å². The number of nitrogens with zero attached hydrogens (tertiary/aromatic N) is 3. The van der Waals surface area contributed by atoms with Gasteiger partial charge in [0.1, 0.15) is 12.4 Å². The Bertz CT molecular complexity index is 748. The van der Waals surface area contributed by atoms with Crippen LogP contribution < -0.4 is 4.90 Å². The van der Waals surface area contributed by atoms with Crippen molar-refractivity contribution in [2.75, 3.05) is 24.4 Å². The third-order valence-electron chi connectivity index (χ3n) is 4.03. The Morgan fingerprint density at radius 1 is 1.44 bits per heavy atom. The average molecular weight is 371 g/mol. The molecule has 1 saturated heterocycles. The van der Waals surface area contributed by atoms with E-state index >= 15 is 0 Å². The highest BCUT2D eigenvalue weighted by molar-refractivity contribution is 7.90. The number of carbonyl (C=O) groups excluding carboxylic acids is 1. The Balaban J connectivity index is 1.79. The second kappa shape index (κ2) is 7.22. The maximum atomic E-state index is 12.2. The summed E-state index contributed by atoms with van der Waals surface area (Å²) in [6, 6.07) is -0.403. The van der Waals surface area contributed by atoms with E-state index in [0.717, 1.165) is 25.5 Å². The van der Waals surface area contributed by atoms with E-state index in [1.165, 1.54) is 11.1 Å². The van der Waals surface area contributed by atoms with Gasteiger partial charge < -0.3 is 14.2 Å². The molecule has 0 aromatic carbocycles. The van der Waals surface area contributed by atoms with E-state index in [1.54, 1.807) is 6.92 Å². The fraction of sp³-hybridized carbons (Fsp3) is 0.667. The number of aromatic nitrogens is 2. The van der Waals surface area contributed by atoms with E-state index in [-0.39, 0.29) is 30.5 Å². The van der Waals surface area contributed by atoms with E-state index < -0.39 is 22.0 Å². The van der Waals surface area contributed by atoms with Gasteiger partial charge in [-0.3, -0.25) is 4.90 Å². The van der Waals surface area contributed by atoms with Crippen molar-refractivity contribution in [1.29, 1.82) is 0 Å². The maximum Gasteiger partial charge on any atom is 0.416 e. The minimum atomic E-state index is -3.58. The van der Waals surface area contributed by atoms with E-state index in [9.17, 15) is 13.2 Å². The topological polar surface area (TPSA) is 108 Å². The summed E-state index contributed by atoms with van der Waals surface area (Å²) < 4.78 is 39.8. The van der Waals surface area contributed by atoms with Crippen LogP contribution in [0.15, 0.2) is 11.4 Å². The third kappa shape index (κ3) is 4.07. The first kappa shape index (κ1) is 18.0. The lowest BCUT2D eigenvalue weighted by atomic mass is 10.2. The number of sulfone groups is 1. The van der Waals surface area contributed by atoms with Gasteiger partial charge in [0.15, 0.2) is 6.29 Å². The lowest BCUT2D eigenvalue weighted by Crippen LogP contribution is -2.46. The summed E-state index contributed by atoms with van der Waals surface area (Å²) >= 11 is 0. The highest BCUT2D eigenvalue weighted by Crippen LogP contribution is 2.27. The molecule has 0 saturated carbocycles. The molecule has 0 radical (unpaired) electrons. The van der Waals surface area contributed by atoms with Gasteiger partial charge in [0.25, 0.3) is 0 Å². The van der Waals surface area contributed by atoms with Crippen LogP contribution in [0.25, 0.3) is 0 Å². The largest absolute Gasteiger partial charge is 0.444 e. The van der Waals surface area contributed by atoms with Gasteiger partial charge in [-0.15, -0.1) is 0 Å². The molecular weight excluding hydrogens is 350 g/mol. The quantitative estimate of drug-likeness (QED) is 0.712. The number of hydrogen-bond donors (Lipinski definition) is 0. The predicted molar refractivity (Wildman–Crippen MR) is 86.8 cm³/mol. The summed E-state index contributed by atoms with van der Waals surface area (Å²) in [5.41, 5.74) is 0.549. The second-order valence-electron chi connectivity index (χ2n) is 6.18. The minimum Gasteiger partial charge on any atom is -0.444 e. The van der Waals surface area contributed by atoms with Crippen LogP contribution in [-0.4, -0.2) is 56.3 Å². The van der Waals surface area contributed by atoms with Gasteiger partial charge >= 0.3 is 6.09 Å². The van der Waals surface area contributed by atoms with E-state index in [1.807, 2.05) is 0 Å². The molecule has 138 valence electrons. The number of cyclic esters (lactones) is 1. The summed E-state index contributed by atoms with van der Waals surface area (Å²) in [6.07, 6.45) is 4.39. The highest BCUT2D eigenvalue weighted by Gasteiger charge is 2.33. The standard InChI is InChI=1S/C15H21N3O6S/c1-10(8-23-12-5-3-4-6-22-12)18-13-11(9-24-15(18)19)7-16-14(17-13)25(2,20)21/h7,10,12H,3-6,8-9H2,1-2H3/t10-,12?/m1/s1. The average Bonchev–Trinajstić information content (AvgIpc) is 2.59. The number of anilines is 1. The molecule has 9 nitrogen and oxygen atoms in total. The van der Waals surface area contributed by atoms with Crippen LogP contribution in [0.5, 0.6) is 0 Å². The maximum absolute atomic E-state index is 12.2. The molecule has 1 aromatic heterocycles. The zero-order valence-corrected chi connectivity index (χ0v) is 15.0. The van der Waals surface area contributed by atoms with Crippen molar-refractivity contribution in [2.45, 2.75) is 50.3 Å². The number of fused-ring (bicyclic) bond motifs is 1. The van der Waals surface area contributed by atoms with Crippen molar-refractivity contribution in [3.63, 3.8) is 0 Å². The molecule has 1 aromatic rings. The Morgan fingerprint density at radius 2 is 2.24 bits per heavy atom. The van der Waals surface area contributed by atoms with Crippen molar-refractivity contribution in [3.05, 3.63) is 11.8 Å². The van der Waals surface area contributed by atoms with Gasteiger partial charge in [0.2, 0.25) is 15.0 Å². The Hall–Kier alpha value is -1.78. The van der Waals surface area contributed by atoms with E-state index in [0.29, 0.717) is 12.2 Å². The normalized spacial score (nSPS) is 22.2. The van der Waals surface area contributed by atoms with Gasteiger partial charge in [-0.05, 0) is 26.2 Å². The predicted octanol–water partition coefficient (Wildman–Crippen LogP) is 1.27. The van der Waals surface area contributed by atoms with Crippen LogP contribution in [-0.2, 0) is 30.7 Å². The number of hydrogen-bond acceptors (Lipinski definition) is 8. The molecule has 1 amide bonds. The van der Waals surface area contributed by atoms with Crippen LogP contribution in [0.2, 0.25) is 0 Å². The molecule has 2 atom stereocenters. The van der Waals surface area contributed by atoms with Crippen LogP contribution in [0.4, 0.5) is 10.6 Å². The molecule has 0 N–H and O–H groups in total. The Labute approximate surface area is 146 Å². The third-order valence-corrected chi connectivity index (χ3v) is 4.89. The molecule has 2 aliphatic rings. The van der Waals surface area contributed by atoms with Crippen LogP contribution in [0.3, 0.4) is 0 Å². The number of rotatable bonds is 5. The molecule has 10 heteroatoms. The zero-order valence-electron chi connectivity index (χ0n) is 14.2. The fourth-order valence-electron chi connectivity index (χ4n) is 2.72. The van der Waals surface area contributed by atoms with Crippen molar-refractivity contribution < 1.29 is 27.4 Å². The number of carbonyl (C=O) groups is 1. The lowest BCUT2D eigenvalue weighted by molar-refractivity contribution is -0.164.